The maximum Gasteiger partial charge on any atom is 0.160 e. The molecule has 0 fully saturated rings. The molecule has 0 saturated heterocycles. The van der Waals surface area contributed by atoms with Crippen molar-refractivity contribution in [1.82, 2.24) is 14.5 Å². The van der Waals surface area contributed by atoms with Gasteiger partial charge in [-0.3, -0.25) is 0 Å². The van der Waals surface area contributed by atoms with Crippen LogP contribution >= 0.6 is 15.9 Å². The van der Waals surface area contributed by atoms with Gasteiger partial charge < -0.3 is 4.57 Å². The summed E-state index contributed by atoms with van der Waals surface area (Å²) in [5.74, 6) is 0. The molecule has 0 aliphatic carbocycles. The van der Waals surface area contributed by atoms with Crippen molar-refractivity contribution in [2.75, 3.05) is 5.33 Å². The second kappa shape index (κ2) is 6.89. The van der Waals surface area contributed by atoms with Crippen molar-refractivity contribution in [3.05, 3.63) is 48.5 Å². The van der Waals surface area contributed by atoms with Crippen LogP contribution in [0.4, 0.5) is 0 Å². The topological polar surface area (TPSA) is 30.7 Å². The third-order valence-corrected chi connectivity index (χ3v) is 5.08. The van der Waals surface area contributed by atoms with Crippen LogP contribution < -0.4 is 0 Å². The number of rotatable bonds is 6. The standard InChI is InChI=1S/C20H20BrN3/c21-13-7-1-2-8-14-24-18-12-6-3-9-15(18)19-20(24)23-17-11-5-4-10-16(17)22-19/h3-6,9-12H,1-2,7-8,13-14H2. The van der Waals surface area contributed by atoms with E-state index in [0.29, 0.717) is 0 Å². The van der Waals surface area contributed by atoms with E-state index in [2.05, 4.69) is 44.8 Å². The highest BCUT2D eigenvalue weighted by molar-refractivity contribution is 9.09. The second-order valence-corrected chi connectivity index (χ2v) is 6.95. The Morgan fingerprint density at radius 1 is 0.792 bits per heavy atom. The van der Waals surface area contributed by atoms with Gasteiger partial charge in [-0.1, -0.05) is 59.1 Å². The molecule has 4 heteroatoms. The van der Waals surface area contributed by atoms with E-state index in [-0.39, 0.29) is 0 Å². The lowest BCUT2D eigenvalue weighted by Gasteiger charge is -2.07. The number of halogens is 1. The number of aryl methyl sites for hydroxylation is 1. The Labute approximate surface area is 149 Å². The first-order valence-corrected chi connectivity index (χ1v) is 9.70. The van der Waals surface area contributed by atoms with Gasteiger partial charge in [0.15, 0.2) is 5.65 Å². The quantitative estimate of drug-likeness (QED) is 0.317. The summed E-state index contributed by atoms with van der Waals surface area (Å²) in [6, 6.07) is 16.6. The zero-order chi connectivity index (χ0) is 16.4. The third-order valence-electron chi connectivity index (χ3n) is 4.52. The molecule has 0 N–H and O–H groups in total. The number of alkyl halides is 1. The summed E-state index contributed by atoms with van der Waals surface area (Å²) < 4.78 is 2.35. The number of hydrogen-bond donors (Lipinski definition) is 0. The van der Waals surface area contributed by atoms with Crippen molar-refractivity contribution >= 4 is 49.0 Å². The number of para-hydroxylation sites is 3. The van der Waals surface area contributed by atoms with E-state index in [9.17, 15) is 0 Å². The van der Waals surface area contributed by atoms with Crippen LogP contribution in [0.3, 0.4) is 0 Å². The minimum atomic E-state index is 0.963. The molecular formula is C20H20BrN3. The van der Waals surface area contributed by atoms with E-state index in [1.807, 2.05) is 24.3 Å². The molecular weight excluding hydrogens is 362 g/mol. The highest BCUT2D eigenvalue weighted by Crippen LogP contribution is 2.28. The lowest BCUT2D eigenvalue weighted by Crippen LogP contribution is -2.00. The van der Waals surface area contributed by atoms with E-state index in [0.717, 1.165) is 34.1 Å². The Bertz CT molecular complexity index is 990. The first-order chi connectivity index (χ1) is 11.9. The summed E-state index contributed by atoms with van der Waals surface area (Å²) >= 11 is 3.50. The average molecular weight is 382 g/mol. The largest absolute Gasteiger partial charge is 0.324 e. The van der Waals surface area contributed by atoms with Gasteiger partial charge in [-0.2, -0.15) is 0 Å². The molecule has 3 nitrogen and oxygen atoms in total. The van der Waals surface area contributed by atoms with E-state index in [1.165, 1.54) is 36.6 Å². The van der Waals surface area contributed by atoms with Crippen molar-refractivity contribution in [2.24, 2.45) is 0 Å². The van der Waals surface area contributed by atoms with Crippen molar-refractivity contribution < 1.29 is 0 Å². The van der Waals surface area contributed by atoms with Gasteiger partial charge in [-0.15, -0.1) is 0 Å². The number of fused-ring (bicyclic) bond motifs is 4. The predicted molar refractivity (Wildman–Crippen MR) is 105 cm³/mol. The number of aromatic nitrogens is 3. The molecule has 2 heterocycles. The van der Waals surface area contributed by atoms with Gasteiger partial charge >= 0.3 is 0 Å². The molecule has 0 aliphatic rings. The second-order valence-electron chi connectivity index (χ2n) is 6.16. The number of nitrogens with zero attached hydrogens (tertiary/aromatic N) is 3. The molecule has 4 rings (SSSR count). The molecule has 122 valence electrons. The zero-order valence-electron chi connectivity index (χ0n) is 13.6. The van der Waals surface area contributed by atoms with Crippen molar-refractivity contribution in [2.45, 2.75) is 32.2 Å². The highest BCUT2D eigenvalue weighted by Gasteiger charge is 2.13. The normalized spacial score (nSPS) is 11.7. The van der Waals surface area contributed by atoms with E-state index >= 15 is 0 Å². The van der Waals surface area contributed by atoms with Crippen LogP contribution in [0.5, 0.6) is 0 Å². The molecule has 0 aliphatic heterocycles. The van der Waals surface area contributed by atoms with Crippen molar-refractivity contribution in [3.63, 3.8) is 0 Å². The van der Waals surface area contributed by atoms with Gasteiger partial charge in [0.25, 0.3) is 0 Å². The molecule has 0 spiro atoms. The molecule has 0 bridgehead atoms. The average Bonchev–Trinajstić information content (AvgIpc) is 2.93. The fraction of sp³-hybridized carbons (Fsp3) is 0.300. The van der Waals surface area contributed by atoms with E-state index in [1.54, 1.807) is 0 Å². The van der Waals surface area contributed by atoms with Gasteiger partial charge in [-0.25, -0.2) is 9.97 Å². The van der Waals surface area contributed by atoms with Gasteiger partial charge in [-0.05, 0) is 31.0 Å². The van der Waals surface area contributed by atoms with Crippen molar-refractivity contribution in [1.29, 1.82) is 0 Å². The zero-order valence-corrected chi connectivity index (χ0v) is 15.2. The Kier molecular flexibility index (Phi) is 4.48. The van der Waals surface area contributed by atoms with E-state index < -0.39 is 0 Å². The van der Waals surface area contributed by atoms with Crippen LogP contribution in [-0.4, -0.2) is 19.9 Å². The molecule has 0 atom stereocenters. The Morgan fingerprint density at radius 2 is 1.50 bits per heavy atom. The Balaban J connectivity index is 1.81. The summed E-state index contributed by atoms with van der Waals surface area (Å²) in [7, 11) is 0. The maximum absolute atomic E-state index is 4.92. The summed E-state index contributed by atoms with van der Waals surface area (Å²) in [6.07, 6.45) is 4.95. The van der Waals surface area contributed by atoms with Gasteiger partial charge in [0.1, 0.15) is 5.52 Å². The summed E-state index contributed by atoms with van der Waals surface area (Å²) in [6.45, 7) is 0.999. The minimum absolute atomic E-state index is 0.963. The first-order valence-electron chi connectivity index (χ1n) is 8.58. The van der Waals surface area contributed by atoms with Crippen LogP contribution in [-0.2, 0) is 6.54 Å². The molecule has 2 aromatic heterocycles. The Hall–Kier alpha value is -1.94. The summed E-state index contributed by atoms with van der Waals surface area (Å²) in [4.78, 5) is 9.82. The molecule has 24 heavy (non-hydrogen) atoms. The molecule has 0 unspecified atom stereocenters. The number of unbranched alkanes of at least 4 members (excludes halogenated alkanes) is 3. The van der Waals surface area contributed by atoms with Gasteiger partial charge in [0, 0.05) is 17.3 Å². The maximum atomic E-state index is 4.92. The monoisotopic (exact) mass is 381 g/mol. The fourth-order valence-electron chi connectivity index (χ4n) is 3.33. The molecule has 0 saturated carbocycles. The van der Waals surface area contributed by atoms with Crippen LogP contribution in [0, 0.1) is 0 Å². The third kappa shape index (κ3) is 2.80. The van der Waals surface area contributed by atoms with Gasteiger partial charge in [0.2, 0.25) is 0 Å². The van der Waals surface area contributed by atoms with E-state index in [4.69, 9.17) is 9.97 Å². The molecule has 0 amide bonds. The summed E-state index contributed by atoms with van der Waals surface area (Å²) in [5.41, 5.74) is 5.20. The van der Waals surface area contributed by atoms with Gasteiger partial charge in [0.05, 0.1) is 16.6 Å². The fourth-order valence-corrected chi connectivity index (χ4v) is 3.72. The SMILES string of the molecule is BrCCCCCCn1c2ccccc2c2nc3ccccc3nc21. The minimum Gasteiger partial charge on any atom is -0.324 e. The molecule has 4 aromatic rings. The molecule has 0 radical (unpaired) electrons. The lowest BCUT2D eigenvalue weighted by molar-refractivity contribution is 0.603. The van der Waals surface area contributed by atoms with Crippen LogP contribution in [0.25, 0.3) is 33.1 Å². The Morgan fingerprint density at radius 3 is 2.33 bits per heavy atom. The number of hydrogen-bond acceptors (Lipinski definition) is 2. The highest BCUT2D eigenvalue weighted by atomic mass is 79.9. The van der Waals surface area contributed by atoms with Crippen LogP contribution in [0.1, 0.15) is 25.7 Å². The van der Waals surface area contributed by atoms with Crippen LogP contribution in [0.15, 0.2) is 48.5 Å². The predicted octanol–water partition coefficient (Wildman–Crippen LogP) is 5.69. The van der Waals surface area contributed by atoms with Crippen molar-refractivity contribution in [3.8, 4) is 0 Å². The lowest BCUT2D eigenvalue weighted by atomic mass is 10.2. The van der Waals surface area contributed by atoms with Crippen LogP contribution in [0.2, 0.25) is 0 Å². The number of benzene rings is 2. The first kappa shape index (κ1) is 15.6. The smallest absolute Gasteiger partial charge is 0.160 e. The molecule has 2 aromatic carbocycles. The summed E-state index contributed by atoms with van der Waals surface area (Å²) in [5, 5.41) is 2.30.